The highest BCUT2D eigenvalue weighted by Gasteiger charge is 2.17. The zero-order chi connectivity index (χ0) is 11.4. The zero-order valence-corrected chi connectivity index (χ0v) is 9.52. The Balaban J connectivity index is 2.41. The SMILES string of the molecule is CNC(c1cnccn1)c1ncccc1Cl. The summed E-state index contributed by atoms with van der Waals surface area (Å²) in [6.07, 6.45) is 6.70. The highest BCUT2D eigenvalue weighted by atomic mass is 35.5. The lowest BCUT2D eigenvalue weighted by atomic mass is 10.1. The molecule has 82 valence electrons. The third kappa shape index (κ3) is 2.18. The first-order valence-corrected chi connectivity index (χ1v) is 5.24. The summed E-state index contributed by atoms with van der Waals surface area (Å²) in [6, 6.07) is 3.47. The van der Waals surface area contributed by atoms with E-state index in [0.717, 1.165) is 11.4 Å². The van der Waals surface area contributed by atoms with Crippen LogP contribution in [0.5, 0.6) is 0 Å². The van der Waals surface area contributed by atoms with Gasteiger partial charge in [-0.1, -0.05) is 11.6 Å². The summed E-state index contributed by atoms with van der Waals surface area (Å²) >= 11 is 6.10. The molecule has 1 N–H and O–H groups in total. The van der Waals surface area contributed by atoms with E-state index in [1.54, 1.807) is 30.9 Å². The third-order valence-electron chi connectivity index (χ3n) is 2.23. The minimum absolute atomic E-state index is 0.137. The number of hydrogen-bond donors (Lipinski definition) is 1. The minimum Gasteiger partial charge on any atom is -0.307 e. The van der Waals surface area contributed by atoms with Crippen molar-refractivity contribution in [3.63, 3.8) is 0 Å². The highest BCUT2D eigenvalue weighted by molar-refractivity contribution is 6.31. The fourth-order valence-corrected chi connectivity index (χ4v) is 1.73. The maximum Gasteiger partial charge on any atom is 0.0953 e. The van der Waals surface area contributed by atoms with Gasteiger partial charge in [-0.15, -0.1) is 0 Å². The van der Waals surface area contributed by atoms with Crippen LogP contribution in [0.15, 0.2) is 36.9 Å². The number of aromatic nitrogens is 3. The maximum atomic E-state index is 6.10. The van der Waals surface area contributed by atoms with Crippen LogP contribution in [0.2, 0.25) is 5.02 Å². The zero-order valence-electron chi connectivity index (χ0n) is 8.76. The molecular weight excluding hydrogens is 224 g/mol. The first-order valence-electron chi connectivity index (χ1n) is 4.86. The molecule has 2 aromatic heterocycles. The molecule has 0 saturated heterocycles. The molecule has 5 heteroatoms. The fourth-order valence-electron chi connectivity index (χ4n) is 1.49. The Morgan fingerprint density at radius 3 is 2.75 bits per heavy atom. The molecule has 0 fully saturated rings. The largest absolute Gasteiger partial charge is 0.307 e. The normalized spacial score (nSPS) is 12.4. The van der Waals surface area contributed by atoms with Crippen molar-refractivity contribution in [2.24, 2.45) is 0 Å². The summed E-state index contributed by atoms with van der Waals surface area (Å²) in [7, 11) is 1.84. The number of rotatable bonds is 3. The van der Waals surface area contributed by atoms with E-state index in [9.17, 15) is 0 Å². The summed E-state index contributed by atoms with van der Waals surface area (Å²) in [6.45, 7) is 0. The van der Waals surface area contributed by atoms with Crippen molar-refractivity contribution in [3.8, 4) is 0 Å². The van der Waals surface area contributed by atoms with Gasteiger partial charge in [-0.25, -0.2) is 0 Å². The molecule has 0 bridgehead atoms. The predicted octanol–water partition coefficient (Wildman–Crippen LogP) is 1.83. The lowest BCUT2D eigenvalue weighted by Crippen LogP contribution is -2.20. The van der Waals surface area contributed by atoms with Crippen molar-refractivity contribution in [3.05, 3.63) is 53.3 Å². The summed E-state index contributed by atoms with van der Waals surface area (Å²) in [4.78, 5) is 12.5. The van der Waals surface area contributed by atoms with E-state index in [-0.39, 0.29) is 6.04 Å². The lowest BCUT2D eigenvalue weighted by Gasteiger charge is -2.15. The average Bonchev–Trinajstić information content (AvgIpc) is 2.34. The molecule has 0 saturated carbocycles. The fraction of sp³-hybridized carbons (Fsp3) is 0.182. The maximum absolute atomic E-state index is 6.10. The molecule has 4 nitrogen and oxygen atoms in total. The smallest absolute Gasteiger partial charge is 0.0953 e. The van der Waals surface area contributed by atoms with Gasteiger partial charge in [0.2, 0.25) is 0 Å². The van der Waals surface area contributed by atoms with Gasteiger partial charge in [0.25, 0.3) is 0 Å². The third-order valence-corrected chi connectivity index (χ3v) is 2.55. The Kier molecular flexibility index (Phi) is 3.44. The minimum atomic E-state index is -0.137. The monoisotopic (exact) mass is 234 g/mol. The van der Waals surface area contributed by atoms with Crippen LogP contribution in [0.25, 0.3) is 0 Å². The van der Waals surface area contributed by atoms with Crippen LogP contribution < -0.4 is 5.32 Å². The molecule has 1 atom stereocenters. The second kappa shape index (κ2) is 5.01. The van der Waals surface area contributed by atoms with E-state index >= 15 is 0 Å². The van der Waals surface area contributed by atoms with Crippen LogP contribution in [-0.2, 0) is 0 Å². The number of nitrogens with zero attached hydrogens (tertiary/aromatic N) is 3. The quantitative estimate of drug-likeness (QED) is 0.881. The van der Waals surface area contributed by atoms with Crippen molar-refractivity contribution >= 4 is 11.6 Å². The molecule has 0 aliphatic carbocycles. The number of halogens is 1. The standard InChI is InChI=1S/C11H11ClN4/c1-13-11(9-7-14-5-6-15-9)10-8(12)3-2-4-16-10/h2-7,11,13H,1H3. The van der Waals surface area contributed by atoms with Crippen LogP contribution in [0.3, 0.4) is 0 Å². The Bertz CT molecular complexity index is 461. The molecule has 0 amide bonds. The van der Waals surface area contributed by atoms with Crippen molar-refractivity contribution in [2.75, 3.05) is 7.05 Å². The van der Waals surface area contributed by atoms with E-state index in [1.165, 1.54) is 0 Å². The molecule has 1 unspecified atom stereocenters. The molecule has 0 aromatic carbocycles. The van der Waals surface area contributed by atoms with Gasteiger partial charge in [-0.3, -0.25) is 15.0 Å². The van der Waals surface area contributed by atoms with Crippen molar-refractivity contribution in [1.29, 1.82) is 0 Å². The van der Waals surface area contributed by atoms with Crippen molar-refractivity contribution in [1.82, 2.24) is 20.3 Å². The van der Waals surface area contributed by atoms with Crippen molar-refractivity contribution < 1.29 is 0 Å². The van der Waals surface area contributed by atoms with Gasteiger partial charge in [0, 0.05) is 18.6 Å². The van der Waals surface area contributed by atoms with Crippen LogP contribution in [0.1, 0.15) is 17.4 Å². The molecule has 0 radical (unpaired) electrons. The van der Waals surface area contributed by atoms with Gasteiger partial charge in [-0.05, 0) is 19.2 Å². The van der Waals surface area contributed by atoms with Gasteiger partial charge in [0.05, 0.1) is 28.6 Å². The van der Waals surface area contributed by atoms with Gasteiger partial charge >= 0.3 is 0 Å². The number of hydrogen-bond acceptors (Lipinski definition) is 4. The first kappa shape index (κ1) is 11.0. The Labute approximate surface area is 98.7 Å². The Morgan fingerprint density at radius 1 is 1.25 bits per heavy atom. The summed E-state index contributed by atoms with van der Waals surface area (Å²) in [5.41, 5.74) is 1.55. The van der Waals surface area contributed by atoms with Gasteiger partial charge in [0.15, 0.2) is 0 Å². The predicted molar refractivity (Wildman–Crippen MR) is 62.2 cm³/mol. The summed E-state index contributed by atoms with van der Waals surface area (Å²) < 4.78 is 0. The van der Waals surface area contributed by atoms with E-state index in [4.69, 9.17) is 11.6 Å². The summed E-state index contributed by atoms with van der Waals surface area (Å²) in [5.74, 6) is 0. The van der Waals surface area contributed by atoms with Gasteiger partial charge < -0.3 is 5.32 Å². The van der Waals surface area contributed by atoms with Crippen LogP contribution in [-0.4, -0.2) is 22.0 Å². The van der Waals surface area contributed by atoms with E-state index in [1.807, 2.05) is 13.1 Å². The molecular formula is C11H11ClN4. The topological polar surface area (TPSA) is 50.7 Å². The highest BCUT2D eigenvalue weighted by Crippen LogP contribution is 2.23. The van der Waals surface area contributed by atoms with Gasteiger partial charge in [0.1, 0.15) is 0 Å². The average molecular weight is 235 g/mol. The molecule has 0 aliphatic rings. The van der Waals surface area contributed by atoms with Crippen LogP contribution in [0.4, 0.5) is 0 Å². The molecule has 0 spiro atoms. The van der Waals surface area contributed by atoms with Crippen LogP contribution >= 0.6 is 11.6 Å². The first-order chi connectivity index (χ1) is 7.83. The van der Waals surface area contributed by atoms with Gasteiger partial charge in [-0.2, -0.15) is 0 Å². The Hall–Kier alpha value is -1.52. The Morgan fingerprint density at radius 2 is 2.12 bits per heavy atom. The molecule has 16 heavy (non-hydrogen) atoms. The lowest BCUT2D eigenvalue weighted by molar-refractivity contribution is 0.648. The molecule has 0 aliphatic heterocycles. The number of nitrogens with one attached hydrogen (secondary N) is 1. The van der Waals surface area contributed by atoms with E-state index in [0.29, 0.717) is 5.02 Å². The van der Waals surface area contributed by atoms with E-state index in [2.05, 4.69) is 20.3 Å². The molecule has 2 rings (SSSR count). The number of pyridine rings is 1. The summed E-state index contributed by atoms with van der Waals surface area (Å²) in [5, 5.41) is 3.74. The molecule has 2 aromatic rings. The van der Waals surface area contributed by atoms with E-state index < -0.39 is 0 Å². The van der Waals surface area contributed by atoms with Crippen molar-refractivity contribution in [2.45, 2.75) is 6.04 Å². The molecule has 2 heterocycles. The van der Waals surface area contributed by atoms with Crippen LogP contribution in [0, 0.1) is 0 Å². The second-order valence-corrected chi connectivity index (χ2v) is 3.63. The second-order valence-electron chi connectivity index (χ2n) is 3.22.